The van der Waals surface area contributed by atoms with Crippen molar-refractivity contribution in [1.29, 1.82) is 0 Å². The van der Waals surface area contributed by atoms with E-state index in [9.17, 15) is 4.79 Å². The minimum absolute atomic E-state index is 0.101. The van der Waals surface area contributed by atoms with Gasteiger partial charge in [-0.1, -0.05) is 11.6 Å². The van der Waals surface area contributed by atoms with Gasteiger partial charge in [-0.05, 0) is 51.1 Å². The fourth-order valence-corrected chi connectivity index (χ4v) is 4.07. The van der Waals surface area contributed by atoms with E-state index in [1.807, 2.05) is 11.3 Å². The lowest BCUT2D eigenvalue weighted by Gasteiger charge is -2.19. The number of methoxy groups -OCH3 is 1. The summed E-state index contributed by atoms with van der Waals surface area (Å²) in [4.78, 5) is 22.0. The van der Waals surface area contributed by atoms with Gasteiger partial charge in [0.2, 0.25) is 0 Å². The molecule has 0 aliphatic heterocycles. The summed E-state index contributed by atoms with van der Waals surface area (Å²) in [7, 11) is 1.54. The second-order valence-electron chi connectivity index (χ2n) is 8.21. The van der Waals surface area contributed by atoms with Crippen molar-refractivity contribution in [2.45, 2.75) is 33.3 Å². The van der Waals surface area contributed by atoms with Crippen molar-refractivity contribution in [2.24, 2.45) is 0 Å². The van der Waals surface area contributed by atoms with Crippen molar-refractivity contribution in [1.82, 2.24) is 14.4 Å². The van der Waals surface area contributed by atoms with Crippen molar-refractivity contribution in [2.75, 3.05) is 18.2 Å². The Labute approximate surface area is 206 Å². The molecule has 0 spiro atoms. The molecule has 0 atom stereocenters. The molecule has 10 heteroatoms. The molecule has 0 unspecified atom stereocenters. The monoisotopic (exact) mass is 497 g/mol. The van der Waals surface area contributed by atoms with Gasteiger partial charge in [-0.3, -0.25) is 9.20 Å². The smallest absolute Gasteiger partial charge is 0.262 e. The highest BCUT2D eigenvalue weighted by molar-refractivity contribution is 6.31. The average molecular weight is 498 g/mol. The van der Waals surface area contributed by atoms with Gasteiger partial charge >= 0.3 is 0 Å². The summed E-state index contributed by atoms with van der Waals surface area (Å²) < 4.78 is 28.2. The Bertz CT molecular complexity index is 1400. The summed E-state index contributed by atoms with van der Waals surface area (Å²) in [6, 6.07) is 8.14. The first-order valence-electron chi connectivity index (χ1n) is 10.9. The van der Waals surface area contributed by atoms with E-state index in [1.165, 1.54) is 6.07 Å². The van der Waals surface area contributed by atoms with E-state index < -0.39 is 11.7 Å². The van der Waals surface area contributed by atoms with Crippen LogP contribution in [0.3, 0.4) is 0 Å². The molecule has 8 nitrogen and oxygen atoms in total. The average Bonchev–Trinajstić information content (AvgIpc) is 3.13. The maximum absolute atomic E-state index is 15.3. The number of amides is 1. The highest BCUT2D eigenvalue weighted by Crippen LogP contribution is 2.35. The van der Waals surface area contributed by atoms with Crippen LogP contribution in [0.2, 0.25) is 5.02 Å². The molecule has 4 rings (SSSR count). The molecule has 2 aromatic carbocycles. The molecule has 2 aromatic heterocycles. The summed E-state index contributed by atoms with van der Waals surface area (Å²) in [6.45, 7) is 5.42. The van der Waals surface area contributed by atoms with Crippen LogP contribution < -0.4 is 20.5 Å². The normalized spacial score (nSPS) is 11.2. The third-order valence-electron chi connectivity index (χ3n) is 5.36. The molecular weight excluding hydrogens is 473 g/mol. The molecule has 0 fully saturated rings. The standard InChI is InChI=1S/C25H25ClFN5O3/c1-13(2)35-23-15(12-19-30-14(3)22-24(28)29-9-10-32(19)22)11-18(26)21(27)20(23)25(33)31-16-5-7-17(34-4)8-6-16/h5-11,13H,12H2,1-4H3,(H2,28,29)(H,31,33). The van der Waals surface area contributed by atoms with Gasteiger partial charge in [0.15, 0.2) is 5.82 Å². The van der Waals surface area contributed by atoms with Crippen molar-refractivity contribution in [3.63, 3.8) is 0 Å². The Morgan fingerprint density at radius 3 is 2.66 bits per heavy atom. The summed E-state index contributed by atoms with van der Waals surface area (Å²) in [6.07, 6.45) is 3.19. The predicted molar refractivity (Wildman–Crippen MR) is 133 cm³/mol. The van der Waals surface area contributed by atoms with Crippen LogP contribution in [0.4, 0.5) is 15.9 Å². The number of halogens is 2. The number of ether oxygens (including phenoxy) is 2. The van der Waals surface area contributed by atoms with Crippen LogP contribution in [-0.4, -0.2) is 33.5 Å². The van der Waals surface area contributed by atoms with Gasteiger partial charge in [-0.2, -0.15) is 0 Å². The van der Waals surface area contributed by atoms with Gasteiger partial charge in [0.1, 0.15) is 34.2 Å². The Kier molecular flexibility index (Phi) is 6.79. The SMILES string of the molecule is COc1ccc(NC(=O)c2c(F)c(Cl)cc(Cc3nc(C)c4c(N)nccn34)c2OC(C)C)cc1. The van der Waals surface area contributed by atoms with E-state index in [0.717, 1.165) is 0 Å². The molecule has 0 aliphatic rings. The van der Waals surface area contributed by atoms with E-state index in [-0.39, 0.29) is 28.9 Å². The number of nitrogens with zero attached hydrogens (tertiary/aromatic N) is 3. The highest BCUT2D eigenvalue weighted by atomic mass is 35.5. The highest BCUT2D eigenvalue weighted by Gasteiger charge is 2.26. The van der Waals surface area contributed by atoms with E-state index in [2.05, 4.69) is 15.3 Å². The minimum Gasteiger partial charge on any atom is -0.497 e. The first-order chi connectivity index (χ1) is 16.7. The molecular formula is C25H25ClFN5O3. The van der Waals surface area contributed by atoms with Gasteiger partial charge in [0.25, 0.3) is 5.91 Å². The summed E-state index contributed by atoms with van der Waals surface area (Å²) >= 11 is 6.24. The van der Waals surface area contributed by atoms with Crippen LogP contribution in [0.1, 0.15) is 41.3 Å². The number of benzene rings is 2. The fourth-order valence-electron chi connectivity index (χ4n) is 3.84. The number of carbonyl (C=O) groups is 1. The molecule has 3 N–H and O–H groups in total. The predicted octanol–water partition coefficient (Wildman–Crippen LogP) is 5.05. The summed E-state index contributed by atoms with van der Waals surface area (Å²) in [5.74, 6) is 0.133. The minimum atomic E-state index is -0.866. The molecule has 4 aromatic rings. The molecule has 1 amide bonds. The van der Waals surface area contributed by atoms with Crippen LogP contribution >= 0.6 is 11.6 Å². The topological polar surface area (TPSA) is 104 Å². The number of aryl methyl sites for hydroxylation is 1. The molecule has 35 heavy (non-hydrogen) atoms. The number of nitrogen functional groups attached to an aromatic ring is 1. The number of anilines is 2. The van der Waals surface area contributed by atoms with Gasteiger partial charge in [0.05, 0.1) is 23.9 Å². The van der Waals surface area contributed by atoms with Crippen molar-refractivity contribution < 1.29 is 18.7 Å². The van der Waals surface area contributed by atoms with Crippen molar-refractivity contribution >= 4 is 34.5 Å². The van der Waals surface area contributed by atoms with Crippen LogP contribution in [0.5, 0.6) is 11.5 Å². The van der Waals surface area contributed by atoms with Crippen LogP contribution in [0.15, 0.2) is 42.7 Å². The second-order valence-corrected chi connectivity index (χ2v) is 8.61. The summed E-state index contributed by atoms with van der Waals surface area (Å²) in [5, 5.41) is 2.51. The van der Waals surface area contributed by atoms with Gasteiger partial charge in [-0.15, -0.1) is 0 Å². The lowest BCUT2D eigenvalue weighted by Crippen LogP contribution is -2.19. The molecule has 182 valence electrons. The number of carbonyl (C=O) groups excluding carboxylic acids is 1. The molecule has 0 bridgehead atoms. The first-order valence-corrected chi connectivity index (χ1v) is 11.3. The Morgan fingerprint density at radius 1 is 1.29 bits per heavy atom. The fraction of sp³-hybridized carbons (Fsp3) is 0.240. The number of hydrogen-bond donors (Lipinski definition) is 2. The van der Waals surface area contributed by atoms with E-state index >= 15 is 4.39 Å². The zero-order valence-corrected chi connectivity index (χ0v) is 20.5. The summed E-state index contributed by atoms with van der Waals surface area (Å²) in [5.41, 5.74) is 8.10. The maximum Gasteiger partial charge on any atom is 0.262 e. The Balaban J connectivity index is 1.80. The zero-order valence-electron chi connectivity index (χ0n) is 19.7. The van der Waals surface area contributed by atoms with Crippen molar-refractivity contribution in [3.05, 3.63) is 76.2 Å². The molecule has 2 heterocycles. The number of imidazole rings is 1. The number of aromatic nitrogens is 3. The number of fused-ring (bicyclic) bond motifs is 1. The quantitative estimate of drug-likeness (QED) is 0.370. The molecule has 0 radical (unpaired) electrons. The third-order valence-corrected chi connectivity index (χ3v) is 5.63. The van der Waals surface area contributed by atoms with E-state index in [1.54, 1.807) is 57.6 Å². The van der Waals surface area contributed by atoms with Gasteiger partial charge in [-0.25, -0.2) is 14.4 Å². The van der Waals surface area contributed by atoms with Crippen LogP contribution in [0, 0.1) is 12.7 Å². The number of rotatable bonds is 7. The van der Waals surface area contributed by atoms with E-state index in [4.69, 9.17) is 26.8 Å². The lowest BCUT2D eigenvalue weighted by atomic mass is 10.0. The maximum atomic E-state index is 15.3. The number of hydrogen-bond acceptors (Lipinski definition) is 6. The van der Waals surface area contributed by atoms with Gasteiger partial charge < -0.3 is 20.5 Å². The lowest BCUT2D eigenvalue weighted by molar-refractivity contribution is 0.101. The Hall–Kier alpha value is -3.85. The third kappa shape index (κ3) is 4.85. The second kappa shape index (κ2) is 9.79. The van der Waals surface area contributed by atoms with Gasteiger partial charge in [0, 0.05) is 30.1 Å². The Morgan fingerprint density at radius 2 is 2.00 bits per heavy atom. The first kappa shape index (κ1) is 24.3. The van der Waals surface area contributed by atoms with Crippen LogP contribution in [-0.2, 0) is 6.42 Å². The largest absolute Gasteiger partial charge is 0.497 e. The molecule has 0 saturated carbocycles. The number of nitrogens with one attached hydrogen (secondary N) is 1. The van der Waals surface area contributed by atoms with Crippen molar-refractivity contribution in [3.8, 4) is 11.5 Å². The number of nitrogens with two attached hydrogens (primary N) is 1. The molecule has 0 aliphatic carbocycles. The zero-order chi connectivity index (χ0) is 25.3. The van der Waals surface area contributed by atoms with Crippen LogP contribution in [0.25, 0.3) is 5.52 Å². The van der Waals surface area contributed by atoms with E-state index in [0.29, 0.717) is 39.9 Å². The molecule has 0 saturated heterocycles.